The molecule has 3 N–H and O–H groups in total. The summed E-state index contributed by atoms with van der Waals surface area (Å²) in [5, 5.41) is 13.9. The lowest BCUT2D eigenvalue weighted by molar-refractivity contribution is -0.102. The molecule has 0 saturated carbocycles. The van der Waals surface area contributed by atoms with Gasteiger partial charge in [-0.3, -0.25) is 10.2 Å². The second kappa shape index (κ2) is 10.4. The van der Waals surface area contributed by atoms with Crippen LogP contribution in [0.25, 0.3) is 0 Å². The molecule has 0 unspecified atom stereocenters. The van der Waals surface area contributed by atoms with Crippen molar-refractivity contribution in [1.82, 2.24) is 10.6 Å². The van der Waals surface area contributed by atoms with Gasteiger partial charge in [-0.25, -0.2) is 8.78 Å². The molecule has 0 atom stereocenters. The van der Waals surface area contributed by atoms with Crippen LogP contribution in [0.5, 0.6) is 0 Å². The summed E-state index contributed by atoms with van der Waals surface area (Å²) in [7, 11) is 0. The van der Waals surface area contributed by atoms with E-state index in [4.69, 9.17) is 21.7 Å². The molecule has 0 radical (unpaired) electrons. The van der Waals surface area contributed by atoms with Gasteiger partial charge in [0.25, 0.3) is 0 Å². The lowest BCUT2D eigenvalue weighted by atomic mass is 10.1. The number of aldehydes is 1. The van der Waals surface area contributed by atoms with Gasteiger partial charge < -0.3 is 15.4 Å². The lowest BCUT2D eigenvalue weighted by Gasteiger charge is -2.23. The summed E-state index contributed by atoms with van der Waals surface area (Å²) < 4.78 is 32.6. The van der Waals surface area contributed by atoms with Gasteiger partial charge in [0.1, 0.15) is 16.8 Å². The van der Waals surface area contributed by atoms with Crippen LogP contribution in [0.2, 0.25) is 0 Å². The second-order valence-corrected chi connectivity index (χ2v) is 6.35. The summed E-state index contributed by atoms with van der Waals surface area (Å²) in [5.74, 6) is -1.37. The van der Waals surface area contributed by atoms with Crippen LogP contribution in [0, 0.1) is 17.0 Å². The van der Waals surface area contributed by atoms with Crippen molar-refractivity contribution in [2.24, 2.45) is 0 Å². The monoisotopic (exact) mass is 385 g/mol. The standard InChI is InChI=1S/C18H22ClF2N3O2/c19-18(24-10-14-15(20)2-1-3-16(14)21)13(17(22)11-25)4-7-23-12-5-8-26-9-6-12/h1-3,11-12,22-24H,4-10H2/b18-13-,22-17?. The second-order valence-electron chi connectivity index (χ2n) is 5.97. The Morgan fingerprint density at radius 1 is 1.31 bits per heavy atom. The maximum Gasteiger partial charge on any atom is 0.168 e. The maximum absolute atomic E-state index is 13.7. The van der Waals surface area contributed by atoms with Gasteiger partial charge in [-0.05, 0) is 37.9 Å². The zero-order valence-electron chi connectivity index (χ0n) is 14.3. The fraction of sp³-hybridized carbons (Fsp3) is 0.444. The average Bonchev–Trinajstić information content (AvgIpc) is 2.65. The molecule has 8 heteroatoms. The minimum atomic E-state index is -0.685. The van der Waals surface area contributed by atoms with Gasteiger partial charge in [0.15, 0.2) is 6.29 Å². The van der Waals surface area contributed by atoms with E-state index in [-0.39, 0.29) is 23.0 Å². The number of carbonyl (C=O) groups excluding carboxylic acids is 1. The van der Waals surface area contributed by atoms with Gasteiger partial charge in [-0.1, -0.05) is 17.7 Å². The minimum Gasteiger partial charge on any atom is -0.381 e. The summed E-state index contributed by atoms with van der Waals surface area (Å²) >= 11 is 6.17. The van der Waals surface area contributed by atoms with Crippen molar-refractivity contribution in [2.45, 2.75) is 31.8 Å². The fourth-order valence-electron chi connectivity index (χ4n) is 2.71. The fourth-order valence-corrected chi connectivity index (χ4v) is 2.97. The number of hydrogen-bond donors (Lipinski definition) is 3. The molecule has 0 spiro atoms. The Morgan fingerprint density at radius 2 is 1.96 bits per heavy atom. The largest absolute Gasteiger partial charge is 0.381 e. The minimum absolute atomic E-state index is 0.0403. The van der Waals surface area contributed by atoms with Gasteiger partial charge >= 0.3 is 0 Å². The number of rotatable bonds is 9. The number of carbonyl (C=O) groups is 1. The molecule has 1 saturated heterocycles. The van der Waals surface area contributed by atoms with Crippen LogP contribution >= 0.6 is 11.6 Å². The molecule has 26 heavy (non-hydrogen) atoms. The molecule has 1 aromatic carbocycles. The van der Waals surface area contributed by atoms with Crippen molar-refractivity contribution in [3.8, 4) is 0 Å². The van der Waals surface area contributed by atoms with Crippen molar-refractivity contribution in [2.75, 3.05) is 19.8 Å². The zero-order chi connectivity index (χ0) is 18.9. The van der Waals surface area contributed by atoms with Crippen LogP contribution in [0.15, 0.2) is 28.9 Å². The number of ether oxygens (including phenoxy) is 1. The molecule has 142 valence electrons. The van der Waals surface area contributed by atoms with E-state index < -0.39 is 11.6 Å². The molecule has 1 heterocycles. The summed E-state index contributed by atoms with van der Waals surface area (Å²) in [5.41, 5.74) is -0.105. The molecule has 5 nitrogen and oxygen atoms in total. The normalized spacial score (nSPS) is 16.1. The molecule has 1 aromatic rings. The third-order valence-corrected chi connectivity index (χ3v) is 4.58. The number of halogens is 3. The first-order valence-electron chi connectivity index (χ1n) is 8.43. The van der Waals surface area contributed by atoms with Crippen molar-refractivity contribution in [3.63, 3.8) is 0 Å². The number of benzene rings is 1. The molecule has 1 fully saturated rings. The van der Waals surface area contributed by atoms with E-state index in [0.29, 0.717) is 44.1 Å². The first-order chi connectivity index (χ1) is 12.5. The highest BCUT2D eigenvalue weighted by Crippen LogP contribution is 2.16. The first kappa shape index (κ1) is 20.5. The third kappa shape index (κ3) is 5.86. The number of nitrogens with one attached hydrogen (secondary N) is 3. The molecular formula is C18H22ClF2N3O2. The molecule has 2 rings (SSSR count). The molecule has 0 bridgehead atoms. The van der Waals surface area contributed by atoms with E-state index in [1.165, 1.54) is 6.07 Å². The van der Waals surface area contributed by atoms with Crippen LogP contribution in [0.1, 0.15) is 24.8 Å². The van der Waals surface area contributed by atoms with Crippen molar-refractivity contribution in [3.05, 3.63) is 46.1 Å². The Morgan fingerprint density at radius 3 is 2.58 bits per heavy atom. The SMILES string of the molecule is N=C(C=O)/C(CCNC1CCOCC1)=C(/Cl)NCc1c(F)cccc1F. The van der Waals surface area contributed by atoms with Crippen molar-refractivity contribution in [1.29, 1.82) is 5.41 Å². The predicted molar refractivity (Wildman–Crippen MR) is 96.3 cm³/mol. The Balaban J connectivity index is 1.98. The van der Waals surface area contributed by atoms with E-state index in [2.05, 4.69) is 10.6 Å². The molecule has 1 aliphatic rings. The Hall–Kier alpha value is -1.83. The summed E-state index contributed by atoms with van der Waals surface area (Å²) in [4.78, 5) is 11.0. The van der Waals surface area contributed by atoms with Crippen molar-refractivity contribution < 1.29 is 18.3 Å². The molecule has 0 aliphatic carbocycles. The van der Waals surface area contributed by atoms with Crippen LogP contribution in [-0.4, -0.2) is 37.8 Å². The van der Waals surface area contributed by atoms with Gasteiger partial charge in [-0.2, -0.15) is 0 Å². The summed E-state index contributed by atoms with van der Waals surface area (Å²) in [6, 6.07) is 3.92. The van der Waals surface area contributed by atoms with Crippen LogP contribution in [0.4, 0.5) is 8.78 Å². The first-order valence-corrected chi connectivity index (χ1v) is 8.81. The topological polar surface area (TPSA) is 74.2 Å². The van der Waals surface area contributed by atoms with Gasteiger partial charge in [0, 0.05) is 36.9 Å². The molecular weight excluding hydrogens is 364 g/mol. The smallest absolute Gasteiger partial charge is 0.168 e. The van der Waals surface area contributed by atoms with Crippen LogP contribution < -0.4 is 10.6 Å². The zero-order valence-corrected chi connectivity index (χ0v) is 15.0. The Kier molecular flexibility index (Phi) is 8.15. The highest BCUT2D eigenvalue weighted by molar-refractivity contribution is 6.40. The quantitative estimate of drug-likeness (QED) is 0.347. The van der Waals surface area contributed by atoms with Crippen LogP contribution in [-0.2, 0) is 16.1 Å². The average molecular weight is 386 g/mol. The van der Waals surface area contributed by atoms with Gasteiger partial charge in [-0.15, -0.1) is 0 Å². The highest BCUT2D eigenvalue weighted by atomic mass is 35.5. The highest BCUT2D eigenvalue weighted by Gasteiger charge is 2.16. The maximum atomic E-state index is 13.7. The van der Waals surface area contributed by atoms with Gasteiger partial charge in [0.2, 0.25) is 0 Å². The third-order valence-electron chi connectivity index (χ3n) is 4.22. The lowest BCUT2D eigenvalue weighted by Crippen LogP contribution is -2.35. The van der Waals surface area contributed by atoms with Crippen molar-refractivity contribution >= 4 is 23.6 Å². The van der Waals surface area contributed by atoms with E-state index in [1.54, 1.807) is 0 Å². The summed E-state index contributed by atoms with van der Waals surface area (Å²) in [6.45, 7) is 1.77. The van der Waals surface area contributed by atoms with Crippen LogP contribution in [0.3, 0.4) is 0 Å². The van der Waals surface area contributed by atoms with E-state index in [1.807, 2.05) is 0 Å². The van der Waals surface area contributed by atoms with Gasteiger partial charge in [0.05, 0.1) is 5.71 Å². The molecule has 0 amide bonds. The number of hydrogen-bond acceptors (Lipinski definition) is 5. The van der Waals surface area contributed by atoms with E-state index in [0.717, 1.165) is 25.0 Å². The predicted octanol–water partition coefficient (Wildman–Crippen LogP) is 2.88. The van der Waals surface area contributed by atoms with E-state index in [9.17, 15) is 13.6 Å². The summed E-state index contributed by atoms with van der Waals surface area (Å²) in [6.07, 6.45) is 2.56. The molecule has 1 aliphatic heterocycles. The Bertz CT molecular complexity index is 656. The van der Waals surface area contributed by atoms with E-state index >= 15 is 0 Å². The Labute approximate surface area is 156 Å². The molecule has 0 aromatic heterocycles.